The first-order chi connectivity index (χ1) is 15.0. The first-order valence-corrected chi connectivity index (χ1v) is 10.1. The minimum absolute atomic E-state index is 0.343. The lowest BCUT2D eigenvalue weighted by atomic mass is 10.2. The first kappa shape index (κ1) is 22.1. The molecule has 0 aliphatic carbocycles. The Kier molecular flexibility index (Phi) is 7.79. The van der Waals surface area contributed by atoms with E-state index in [4.69, 9.17) is 21.1 Å². The van der Waals surface area contributed by atoms with Crippen molar-refractivity contribution in [3.63, 3.8) is 0 Å². The van der Waals surface area contributed by atoms with Crippen molar-refractivity contribution in [3.05, 3.63) is 94.5 Å². The molecule has 31 heavy (non-hydrogen) atoms. The third-order valence-electron chi connectivity index (χ3n) is 4.14. The van der Waals surface area contributed by atoms with Crippen LogP contribution in [0.4, 0.5) is 0 Å². The second-order valence-corrected chi connectivity index (χ2v) is 6.97. The summed E-state index contributed by atoms with van der Waals surface area (Å²) < 4.78 is 10.9. The summed E-state index contributed by atoms with van der Waals surface area (Å²) in [6, 6.07) is 20.1. The largest absolute Gasteiger partial charge is 0.494 e. The summed E-state index contributed by atoms with van der Waals surface area (Å²) >= 11 is 5.80. The van der Waals surface area contributed by atoms with Crippen LogP contribution in [0.5, 0.6) is 11.5 Å². The Morgan fingerprint density at radius 2 is 1.52 bits per heavy atom. The van der Waals surface area contributed by atoms with Gasteiger partial charge >= 0.3 is 5.97 Å². The van der Waals surface area contributed by atoms with E-state index < -0.39 is 5.97 Å². The molecule has 3 rings (SSSR count). The predicted molar refractivity (Wildman–Crippen MR) is 120 cm³/mol. The molecule has 0 fully saturated rings. The maximum Gasteiger partial charge on any atom is 0.343 e. The van der Waals surface area contributed by atoms with Gasteiger partial charge in [-0.15, -0.1) is 0 Å². The van der Waals surface area contributed by atoms with Gasteiger partial charge in [0.25, 0.3) is 5.91 Å². The smallest absolute Gasteiger partial charge is 0.343 e. The molecule has 0 saturated carbocycles. The lowest BCUT2D eigenvalue weighted by Gasteiger charge is -2.07. The Bertz CT molecular complexity index is 1050. The standard InChI is InChI=1S/C24H21ClN2O4/c1-2-15-30-21-13-7-19(8-14-21)24(29)31-22-11-3-17(4-12-22)16-26-27-23(28)18-5-9-20(25)10-6-18/h3-14,16H,2,15H2,1H3,(H,27,28). The van der Waals surface area contributed by atoms with Gasteiger partial charge in [-0.25, -0.2) is 10.2 Å². The second-order valence-electron chi connectivity index (χ2n) is 6.54. The van der Waals surface area contributed by atoms with Gasteiger partial charge in [-0.05, 0) is 84.8 Å². The lowest BCUT2D eigenvalue weighted by Crippen LogP contribution is -2.17. The molecule has 158 valence electrons. The van der Waals surface area contributed by atoms with E-state index in [0.717, 1.165) is 12.0 Å². The maximum absolute atomic E-state index is 12.3. The van der Waals surface area contributed by atoms with Gasteiger partial charge in [-0.1, -0.05) is 18.5 Å². The summed E-state index contributed by atoms with van der Waals surface area (Å²) in [6.45, 7) is 2.66. The van der Waals surface area contributed by atoms with Crippen LogP contribution >= 0.6 is 11.6 Å². The number of nitrogens with one attached hydrogen (secondary N) is 1. The number of nitrogens with zero attached hydrogens (tertiary/aromatic N) is 1. The highest BCUT2D eigenvalue weighted by molar-refractivity contribution is 6.30. The van der Waals surface area contributed by atoms with Crippen LogP contribution in [0.2, 0.25) is 5.02 Å². The van der Waals surface area contributed by atoms with E-state index in [0.29, 0.717) is 34.3 Å². The number of carbonyl (C=O) groups excluding carboxylic acids is 2. The SMILES string of the molecule is CCCOc1ccc(C(=O)Oc2ccc(C=NNC(=O)c3ccc(Cl)cc3)cc2)cc1. The number of rotatable bonds is 8. The van der Waals surface area contributed by atoms with Crippen LogP contribution in [-0.2, 0) is 0 Å². The number of carbonyl (C=O) groups is 2. The van der Waals surface area contributed by atoms with Crippen LogP contribution in [0.25, 0.3) is 0 Å². The van der Waals surface area contributed by atoms with Gasteiger partial charge < -0.3 is 9.47 Å². The molecular formula is C24H21ClN2O4. The first-order valence-electron chi connectivity index (χ1n) is 9.69. The van der Waals surface area contributed by atoms with Crippen LogP contribution in [0.15, 0.2) is 77.9 Å². The Morgan fingerprint density at radius 3 is 2.16 bits per heavy atom. The summed E-state index contributed by atoms with van der Waals surface area (Å²) in [5, 5.41) is 4.49. The van der Waals surface area contributed by atoms with Crippen molar-refractivity contribution in [2.75, 3.05) is 6.61 Å². The summed E-state index contributed by atoms with van der Waals surface area (Å²) in [6.07, 6.45) is 2.41. The van der Waals surface area contributed by atoms with Crippen molar-refractivity contribution in [1.82, 2.24) is 5.43 Å². The van der Waals surface area contributed by atoms with E-state index in [2.05, 4.69) is 10.5 Å². The van der Waals surface area contributed by atoms with E-state index in [1.165, 1.54) is 6.21 Å². The van der Waals surface area contributed by atoms with E-state index in [9.17, 15) is 9.59 Å². The second kappa shape index (κ2) is 10.9. The minimum atomic E-state index is -0.460. The molecule has 0 atom stereocenters. The Hall–Kier alpha value is -3.64. The molecule has 1 amide bonds. The van der Waals surface area contributed by atoms with E-state index in [1.54, 1.807) is 72.8 Å². The number of hydrogen-bond acceptors (Lipinski definition) is 5. The lowest BCUT2D eigenvalue weighted by molar-refractivity contribution is 0.0734. The number of halogens is 1. The monoisotopic (exact) mass is 436 g/mol. The number of benzene rings is 3. The van der Waals surface area contributed by atoms with Crippen molar-refractivity contribution >= 4 is 29.7 Å². The van der Waals surface area contributed by atoms with E-state index >= 15 is 0 Å². The topological polar surface area (TPSA) is 77.0 Å². The zero-order valence-corrected chi connectivity index (χ0v) is 17.6. The van der Waals surface area contributed by atoms with Gasteiger partial charge in [-0.2, -0.15) is 5.10 Å². The van der Waals surface area contributed by atoms with Crippen molar-refractivity contribution < 1.29 is 19.1 Å². The third kappa shape index (κ3) is 6.69. The van der Waals surface area contributed by atoms with E-state index in [1.807, 2.05) is 6.92 Å². The molecule has 0 aliphatic rings. The highest BCUT2D eigenvalue weighted by atomic mass is 35.5. The number of hydrogen-bond donors (Lipinski definition) is 1. The molecular weight excluding hydrogens is 416 g/mol. The number of hydrazone groups is 1. The molecule has 0 saturated heterocycles. The number of amides is 1. The van der Waals surface area contributed by atoms with Crippen molar-refractivity contribution in [2.45, 2.75) is 13.3 Å². The Morgan fingerprint density at radius 1 is 0.903 bits per heavy atom. The molecule has 0 aliphatic heterocycles. The van der Waals surface area contributed by atoms with Gasteiger partial charge in [0, 0.05) is 10.6 Å². The molecule has 3 aromatic rings. The van der Waals surface area contributed by atoms with Crippen molar-refractivity contribution in [3.8, 4) is 11.5 Å². The highest BCUT2D eigenvalue weighted by Gasteiger charge is 2.09. The molecule has 0 heterocycles. The number of ether oxygens (including phenoxy) is 2. The van der Waals surface area contributed by atoms with Gasteiger partial charge in [-0.3, -0.25) is 4.79 Å². The summed E-state index contributed by atoms with van der Waals surface area (Å²) in [4.78, 5) is 24.3. The van der Waals surface area contributed by atoms with Crippen LogP contribution in [0.3, 0.4) is 0 Å². The Balaban J connectivity index is 1.52. The van der Waals surface area contributed by atoms with Crippen LogP contribution in [0.1, 0.15) is 39.6 Å². The molecule has 1 N–H and O–H groups in total. The molecule has 0 spiro atoms. The summed E-state index contributed by atoms with van der Waals surface area (Å²) in [7, 11) is 0. The van der Waals surface area contributed by atoms with Crippen LogP contribution < -0.4 is 14.9 Å². The minimum Gasteiger partial charge on any atom is -0.494 e. The number of esters is 1. The fourth-order valence-corrected chi connectivity index (χ4v) is 2.65. The van der Waals surface area contributed by atoms with Gasteiger partial charge in [0.1, 0.15) is 11.5 Å². The molecule has 0 radical (unpaired) electrons. The summed E-state index contributed by atoms with van der Waals surface area (Å²) in [5.41, 5.74) is 4.06. The Labute approximate surface area is 185 Å². The highest BCUT2D eigenvalue weighted by Crippen LogP contribution is 2.16. The third-order valence-corrected chi connectivity index (χ3v) is 4.39. The maximum atomic E-state index is 12.3. The fraction of sp³-hybridized carbons (Fsp3) is 0.125. The normalized spacial score (nSPS) is 10.6. The van der Waals surface area contributed by atoms with Gasteiger partial charge in [0.2, 0.25) is 0 Å². The molecule has 7 heteroatoms. The average molecular weight is 437 g/mol. The average Bonchev–Trinajstić information content (AvgIpc) is 2.79. The molecule has 0 unspecified atom stereocenters. The quantitative estimate of drug-likeness (QED) is 0.230. The van der Waals surface area contributed by atoms with Crippen molar-refractivity contribution in [1.29, 1.82) is 0 Å². The fourth-order valence-electron chi connectivity index (χ4n) is 2.53. The van der Waals surface area contributed by atoms with Crippen LogP contribution in [0, 0.1) is 0 Å². The molecule has 0 bridgehead atoms. The van der Waals surface area contributed by atoms with Gasteiger partial charge in [0.15, 0.2) is 0 Å². The predicted octanol–water partition coefficient (Wildman–Crippen LogP) is 5.11. The van der Waals surface area contributed by atoms with Gasteiger partial charge in [0.05, 0.1) is 18.4 Å². The van der Waals surface area contributed by atoms with Crippen molar-refractivity contribution in [2.24, 2.45) is 5.10 Å². The summed E-state index contributed by atoms with van der Waals surface area (Å²) in [5.74, 6) is 0.312. The molecule has 0 aromatic heterocycles. The molecule has 6 nitrogen and oxygen atoms in total. The zero-order valence-electron chi connectivity index (χ0n) is 16.9. The zero-order chi connectivity index (χ0) is 22.1. The van der Waals surface area contributed by atoms with E-state index in [-0.39, 0.29) is 5.91 Å². The van der Waals surface area contributed by atoms with Crippen LogP contribution in [-0.4, -0.2) is 24.7 Å². The molecule has 3 aromatic carbocycles.